The van der Waals surface area contributed by atoms with Crippen LogP contribution >= 0.6 is 0 Å². The Kier molecular flexibility index (Phi) is 2.36. The molecule has 3 nitrogen and oxygen atoms in total. The lowest BCUT2D eigenvalue weighted by molar-refractivity contribution is -0.135. The van der Waals surface area contributed by atoms with Crippen LogP contribution in [0.4, 0.5) is 0 Å². The van der Waals surface area contributed by atoms with Gasteiger partial charge in [0.05, 0.1) is 0 Å². The Bertz CT molecular complexity index is 231. The summed E-state index contributed by atoms with van der Waals surface area (Å²) in [6, 6.07) is 0.270. The predicted molar refractivity (Wildman–Crippen MR) is 48.9 cm³/mol. The van der Waals surface area contributed by atoms with Crippen LogP contribution in [0.25, 0.3) is 0 Å². The summed E-state index contributed by atoms with van der Waals surface area (Å²) in [7, 11) is 0. The molecule has 1 unspecified atom stereocenters. The number of aliphatic hydroxyl groups is 1. The standard InChI is InChI=1S/C10H15NO2/c12-9-6-7-10(13)11(9)8-4-2-1-3-5-8/h6-9,12H,1-5H2. The van der Waals surface area contributed by atoms with Crippen molar-refractivity contribution in [1.29, 1.82) is 0 Å². The molecule has 0 aromatic carbocycles. The van der Waals surface area contributed by atoms with E-state index in [2.05, 4.69) is 0 Å². The van der Waals surface area contributed by atoms with Gasteiger partial charge < -0.3 is 10.0 Å². The molecule has 0 radical (unpaired) electrons. The summed E-state index contributed by atoms with van der Waals surface area (Å²) in [6.45, 7) is 0. The molecule has 1 atom stereocenters. The van der Waals surface area contributed by atoms with Crippen molar-refractivity contribution in [2.45, 2.75) is 44.4 Å². The zero-order valence-corrected chi connectivity index (χ0v) is 7.65. The first-order chi connectivity index (χ1) is 6.29. The van der Waals surface area contributed by atoms with E-state index < -0.39 is 6.23 Å². The van der Waals surface area contributed by atoms with Crippen molar-refractivity contribution in [3.8, 4) is 0 Å². The van der Waals surface area contributed by atoms with Crippen molar-refractivity contribution in [2.75, 3.05) is 0 Å². The molecule has 3 heteroatoms. The SMILES string of the molecule is O=C1C=CC(O)N1C1CCCCC1. The molecule has 0 aromatic rings. The van der Waals surface area contributed by atoms with Crippen LogP contribution in [0.2, 0.25) is 0 Å². The quantitative estimate of drug-likeness (QED) is 0.656. The maximum atomic E-state index is 11.4. The molecule has 1 saturated carbocycles. The van der Waals surface area contributed by atoms with Gasteiger partial charge in [0.25, 0.3) is 0 Å². The first-order valence-electron chi connectivity index (χ1n) is 4.97. The van der Waals surface area contributed by atoms with E-state index in [0.717, 1.165) is 12.8 Å². The van der Waals surface area contributed by atoms with Crippen molar-refractivity contribution < 1.29 is 9.90 Å². The molecule has 0 saturated heterocycles. The zero-order chi connectivity index (χ0) is 9.26. The van der Waals surface area contributed by atoms with Crippen LogP contribution in [0.3, 0.4) is 0 Å². The van der Waals surface area contributed by atoms with Gasteiger partial charge in [-0.1, -0.05) is 19.3 Å². The highest BCUT2D eigenvalue weighted by Gasteiger charge is 2.31. The second kappa shape index (κ2) is 3.50. The molecule has 72 valence electrons. The first kappa shape index (κ1) is 8.75. The number of hydrogen-bond donors (Lipinski definition) is 1. The van der Waals surface area contributed by atoms with E-state index in [0.29, 0.717) is 0 Å². The van der Waals surface area contributed by atoms with Crippen LogP contribution in [0.1, 0.15) is 32.1 Å². The topological polar surface area (TPSA) is 40.5 Å². The van der Waals surface area contributed by atoms with Crippen molar-refractivity contribution in [3.63, 3.8) is 0 Å². The van der Waals surface area contributed by atoms with Gasteiger partial charge in [-0.05, 0) is 18.9 Å². The molecular formula is C10H15NO2. The third kappa shape index (κ3) is 1.61. The number of carbonyl (C=O) groups is 1. The molecule has 0 spiro atoms. The zero-order valence-electron chi connectivity index (χ0n) is 7.65. The summed E-state index contributed by atoms with van der Waals surface area (Å²) >= 11 is 0. The van der Waals surface area contributed by atoms with Crippen molar-refractivity contribution >= 4 is 5.91 Å². The number of hydrogen-bond acceptors (Lipinski definition) is 2. The molecule has 1 N–H and O–H groups in total. The van der Waals surface area contributed by atoms with Crippen molar-refractivity contribution in [1.82, 2.24) is 4.90 Å². The Hall–Kier alpha value is -0.830. The van der Waals surface area contributed by atoms with E-state index in [-0.39, 0.29) is 11.9 Å². The van der Waals surface area contributed by atoms with E-state index in [1.54, 1.807) is 11.0 Å². The highest BCUT2D eigenvalue weighted by Crippen LogP contribution is 2.26. The molecule has 0 aromatic heterocycles. The lowest BCUT2D eigenvalue weighted by Gasteiger charge is -2.33. The summed E-state index contributed by atoms with van der Waals surface area (Å²) in [4.78, 5) is 13.0. The number of nitrogens with zero attached hydrogens (tertiary/aromatic N) is 1. The van der Waals surface area contributed by atoms with E-state index in [1.807, 2.05) is 0 Å². The molecule has 0 bridgehead atoms. The van der Waals surface area contributed by atoms with E-state index in [1.165, 1.54) is 25.3 Å². The Morgan fingerprint density at radius 2 is 2.00 bits per heavy atom. The van der Waals surface area contributed by atoms with Crippen LogP contribution in [-0.4, -0.2) is 28.2 Å². The monoisotopic (exact) mass is 181 g/mol. The lowest BCUT2D eigenvalue weighted by Crippen LogP contribution is -2.43. The molecule has 13 heavy (non-hydrogen) atoms. The predicted octanol–water partition coefficient (Wildman–Crippen LogP) is 1.04. The van der Waals surface area contributed by atoms with Crippen LogP contribution in [0, 0.1) is 0 Å². The van der Waals surface area contributed by atoms with E-state index in [4.69, 9.17) is 0 Å². The molecule has 1 amide bonds. The minimum absolute atomic E-state index is 0.0283. The van der Waals surface area contributed by atoms with Gasteiger partial charge in [-0.25, -0.2) is 0 Å². The van der Waals surface area contributed by atoms with Gasteiger partial charge in [-0.3, -0.25) is 4.79 Å². The number of amides is 1. The maximum Gasteiger partial charge on any atom is 0.248 e. The first-order valence-corrected chi connectivity index (χ1v) is 4.97. The Morgan fingerprint density at radius 3 is 2.54 bits per heavy atom. The molecule has 1 aliphatic heterocycles. The minimum atomic E-state index is -0.671. The fraction of sp³-hybridized carbons (Fsp3) is 0.700. The minimum Gasteiger partial charge on any atom is -0.370 e. The van der Waals surface area contributed by atoms with E-state index >= 15 is 0 Å². The van der Waals surface area contributed by atoms with Crippen LogP contribution in [0.5, 0.6) is 0 Å². The molecule has 2 aliphatic rings. The van der Waals surface area contributed by atoms with E-state index in [9.17, 15) is 9.90 Å². The van der Waals surface area contributed by atoms with Gasteiger partial charge in [0.2, 0.25) is 5.91 Å². The van der Waals surface area contributed by atoms with Crippen LogP contribution in [0.15, 0.2) is 12.2 Å². The third-order valence-corrected chi connectivity index (χ3v) is 2.92. The van der Waals surface area contributed by atoms with Gasteiger partial charge in [0, 0.05) is 12.1 Å². The molecular weight excluding hydrogens is 166 g/mol. The summed E-state index contributed by atoms with van der Waals surface area (Å²) in [5, 5.41) is 9.53. The molecule has 1 heterocycles. The largest absolute Gasteiger partial charge is 0.370 e. The molecule has 1 fully saturated rings. The average molecular weight is 181 g/mol. The van der Waals surface area contributed by atoms with Gasteiger partial charge in [-0.15, -0.1) is 0 Å². The lowest BCUT2D eigenvalue weighted by atomic mass is 9.94. The fourth-order valence-corrected chi connectivity index (χ4v) is 2.23. The Labute approximate surface area is 78.0 Å². The second-order valence-electron chi connectivity index (χ2n) is 3.81. The normalized spacial score (nSPS) is 30.1. The van der Waals surface area contributed by atoms with Gasteiger partial charge in [0.15, 0.2) is 0 Å². The summed E-state index contributed by atoms with van der Waals surface area (Å²) < 4.78 is 0. The summed E-state index contributed by atoms with van der Waals surface area (Å²) in [5.74, 6) is -0.0283. The number of carbonyl (C=O) groups excluding carboxylic acids is 1. The molecule has 2 rings (SSSR count). The Balaban J connectivity index is 2.02. The smallest absolute Gasteiger partial charge is 0.248 e. The molecule has 1 aliphatic carbocycles. The van der Waals surface area contributed by atoms with Gasteiger partial charge >= 0.3 is 0 Å². The number of rotatable bonds is 1. The summed E-state index contributed by atoms with van der Waals surface area (Å²) in [6.07, 6.45) is 8.09. The third-order valence-electron chi connectivity index (χ3n) is 2.92. The highest BCUT2D eigenvalue weighted by atomic mass is 16.3. The summed E-state index contributed by atoms with van der Waals surface area (Å²) in [5.41, 5.74) is 0. The van der Waals surface area contributed by atoms with Crippen LogP contribution in [-0.2, 0) is 4.79 Å². The second-order valence-corrected chi connectivity index (χ2v) is 3.81. The fourth-order valence-electron chi connectivity index (χ4n) is 2.23. The maximum absolute atomic E-state index is 11.4. The number of aliphatic hydroxyl groups excluding tert-OH is 1. The van der Waals surface area contributed by atoms with Crippen LogP contribution < -0.4 is 0 Å². The average Bonchev–Trinajstić information content (AvgIpc) is 2.48. The Morgan fingerprint density at radius 1 is 1.31 bits per heavy atom. The van der Waals surface area contributed by atoms with Gasteiger partial charge in [-0.2, -0.15) is 0 Å². The van der Waals surface area contributed by atoms with Crippen molar-refractivity contribution in [2.24, 2.45) is 0 Å². The highest BCUT2D eigenvalue weighted by molar-refractivity contribution is 5.90. The van der Waals surface area contributed by atoms with Crippen molar-refractivity contribution in [3.05, 3.63) is 12.2 Å². The van der Waals surface area contributed by atoms with Gasteiger partial charge in [0.1, 0.15) is 6.23 Å².